The van der Waals surface area contributed by atoms with Crippen molar-refractivity contribution in [2.75, 3.05) is 7.05 Å². The molecule has 4 nitrogen and oxygen atoms in total. The molecule has 0 spiro atoms. The van der Waals surface area contributed by atoms with Gasteiger partial charge in [0.05, 0.1) is 21.8 Å². The smallest absolute Gasteiger partial charge is 0.272 e. The van der Waals surface area contributed by atoms with Crippen LogP contribution in [0.15, 0.2) is 60.7 Å². The van der Waals surface area contributed by atoms with E-state index in [9.17, 15) is 4.79 Å². The molecule has 1 atom stereocenters. The number of carbonyl (C=O) groups is 1. The molecule has 4 aromatic rings. The van der Waals surface area contributed by atoms with Crippen LogP contribution in [0.2, 0.25) is 0 Å². The molecule has 0 saturated heterocycles. The molecule has 25 heavy (non-hydrogen) atoms. The fourth-order valence-corrected chi connectivity index (χ4v) is 3.84. The number of carbonyl (C=O) groups excluding carboxylic acids is 1. The average Bonchev–Trinajstić information content (AvgIpc) is 3.10. The third kappa shape index (κ3) is 2.87. The summed E-state index contributed by atoms with van der Waals surface area (Å²) in [6.45, 7) is 2.00. The normalized spacial score (nSPS) is 12.4. The molecular formula is C20H17N3OS. The Bertz CT molecular complexity index is 1040. The van der Waals surface area contributed by atoms with Crippen LogP contribution >= 0.6 is 11.3 Å². The highest BCUT2D eigenvalue weighted by Crippen LogP contribution is 2.29. The number of pyridine rings is 1. The summed E-state index contributed by atoms with van der Waals surface area (Å²) in [5.74, 6) is -0.0995. The van der Waals surface area contributed by atoms with Crippen LogP contribution in [0.1, 0.15) is 28.5 Å². The molecule has 0 fully saturated rings. The van der Waals surface area contributed by atoms with Crippen LogP contribution < -0.4 is 0 Å². The van der Waals surface area contributed by atoms with Crippen molar-refractivity contribution >= 4 is 38.4 Å². The van der Waals surface area contributed by atoms with Gasteiger partial charge in [0, 0.05) is 12.4 Å². The number of amides is 1. The molecule has 0 aliphatic heterocycles. The van der Waals surface area contributed by atoms with Crippen molar-refractivity contribution in [3.05, 3.63) is 71.4 Å². The van der Waals surface area contributed by atoms with Crippen molar-refractivity contribution < 1.29 is 4.79 Å². The number of rotatable bonds is 3. The zero-order valence-electron chi connectivity index (χ0n) is 14.0. The lowest BCUT2D eigenvalue weighted by atomic mass is 10.2. The maximum Gasteiger partial charge on any atom is 0.272 e. The second-order valence-electron chi connectivity index (χ2n) is 6.00. The highest BCUT2D eigenvalue weighted by atomic mass is 32.1. The van der Waals surface area contributed by atoms with Gasteiger partial charge in [-0.05, 0) is 31.2 Å². The molecular weight excluding hydrogens is 330 g/mol. The first kappa shape index (κ1) is 15.7. The Morgan fingerprint density at radius 3 is 2.48 bits per heavy atom. The van der Waals surface area contributed by atoms with E-state index in [1.54, 1.807) is 29.4 Å². The maximum atomic E-state index is 12.9. The van der Waals surface area contributed by atoms with E-state index in [1.807, 2.05) is 55.5 Å². The second kappa shape index (κ2) is 6.26. The minimum atomic E-state index is -0.113. The lowest BCUT2D eigenvalue weighted by Crippen LogP contribution is -2.30. The Hall–Kier alpha value is -2.79. The second-order valence-corrected chi connectivity index (χ2v) is 7.06. The van der Waals surface area contributed by atoms with E-state index in [-0.39, 0.29) is 11.9 Å². The Balaban J connectivity index is 1.63. The minimum Gasteiger partial charge on any atom is -0.331 e. The quantitative estimate of drug-likeness (QED) is 0.541. The summed E-state index contributed by atoms with van der Waals surface area (Å²) in [6, 6.07) is 19.4. The molecule has 0 radical (unpaired) electrons. The highest BCUT2D eigenvalue weighted by Gasteiger charge is 2.22. The van der Waals surface area contributed by atoms with Crippen LogP contribution in [0.25, 0.3) is 21.1 Å². The van der Waals surface area contributed by atoms with Crippen molar-refractivity contribution in [3.8, 4) is 0 Å². The van der Waals surface area contributed by atoms with Crippen molar-refractivity contribution in [2.24, 2.45) is 0 Å². The Labute approximate surface area is 149 Å². The molecule has 0 unspecified atom stereocenters. The van der Waals surface area contributed by atoms with E-state index in [4.69, 9.17) is 0 Å². The summed E-state index contributed by atoms with van der Waals surface area (Å²) in [4.78, 5) is 23.7. The van der Waals surface area contributed by atoms with Crippen molar-refractivity contribution in [2.45, 2.75) is 13.0 Å². The molecule has 5 heteroatoms. The topological polar surface area (TPSA) is 46.1 Å². The predicted molar refractivity (Wildman–Crippen MR) is 102 cm³/mol. The summed E-state index contributed by atoms with van der Waals surface area (Å²) in [6.07, 6.45) is 0. The van der Waals surface area contributed by atoms with Gasteiger partial charge in [-0.2, -0.15) is 0 Å². The maximum absolute atomic E-state index is 12.9. The third-order valence-electron chi connectivity index (χ3n) is 4.39. The monoisotopic (exact) mass is 347 g/mol. The van der Waals surface area contributed by atoms with E-state index in [1.165, 1.54) is 0 Å². The molecule has 1 amide bonds. The Morgan fingerprint density at radius 2 is 1.68 bits per heavy atom. The highest BCUT2D eigenvalue weighted by molar-refractivity contribution is 7.18. The number of para-hydroxylation sites is 2. The first-order valence-electron chi connectivity index (χ1n) is 8.12. The summed E-state index contributed by atoms with van der Waals surface area (Å²) >= 11 is 1.62. The largest absolute Gasteiger partial charge is 0.331 e. The van der Waals surface area contributed by atoms with E-state index < -0.39 is 0 Å². The fourth-order valence-electron chi connectivity index (χ4n) is 2.78. The minimum absolute atomic E-state index is 0.0995. The van der Waals surface area contributed by atoms with Crippen LogP contribution in [-0.4, -0.2) is 27.8 Å². The van der Waals surface area contributed by atoms with Crippen LogP contribution in [0.5, 0.6) is 0 Å². The number of thiazole rings is 1. The summed E-state index contributed by atoms with van der Waals surface area (Å²) in [7, 11) is 1.80. The SMILES string of the molecule is C[C@H](c1nc2ccccc2s1)N(C)C(=O)c1ccc2ccccc2n1. The molecule has 0 N–H and O–H groups in total. The molecule has 2 aromatic heterocycles. The van der Waals surface area contributed by atoms with E-state index in [2.05, 4.69) is 16.0 Å². The van der Waals surface area contributed by atoms with Crippen molar-refractivity contribution in [3.63, 3.8) is 0 Å². The molecule has 0 bridgehead atoms. The summed E-state index contributed by atoms with van der Waals surface area (Å²) in [5.41, 5.74) is 2.25. The van der Waals surface area contributed by atoms with Crippen LogP contribution in [-0.2, 0) is 0 Å². The Kier molecular flexibility index (Phi) is 3.93. The number of hydrogen-bond donors (Lipinski definition) is 0. The van der Waals surface area contributed by atoms with Gasteiger partial charge in [0.25, 0.3) is 5.91 Å². The van der Waals surface area contributed by atoms with Gasteiger partial charge in [-0.3, -0.25) is 4.79 Å². The van der Waals surface area contributed by atoms with Crippen molar-refractivity contribution in [1.82, 2.24) is 14.9 Å². The molecule has 124 valence electrons. The number of fused-ring (bicyclic) bond motifs is 2. The van der Waals surface area contributed by atoms with Crippen LogP contribution in [0, 0.1) is 0 Å². The number of hydrogen-bond acceptors (Lipinski definition) is 4. The number of benzene rings is 2. The molecule has 0 aliphatic rings. The van der Waals surface area contributed by atoms with Gasteiger partial charge in [0.1, 0.15) is 10.7 Å². The van der Waals surface area contributed by atoms with Crippen LogP contribution in [0.4, 0.5) is 0 Å². The lowest BCUT2D eigenvalue weighted by molar-refractivity contribution is 0.0737. The molecule has 0 saturated carbocycles. The molecule has 4 rings (SSSR count). The van der Waals surface area contributed by atoms with Gasteiger partial charge in [0.15, 0.2) is 0 Å². The van der Waals surface area contributed by atoms with E-state index in [0.717, 1.165) is 26.1 Å². The first-order chi connectivity index (χ1) is 12.1. The first-order valence-corrected chi connectivity index (χ1v) is 8.93. The number of nitrogens with zero attached hydrogens (tertiary/aromatic N) is 3. The fraction of sp³-hybridized carbons (Fsp3) is 0.150. The van der Waals surface area contributed by atoms with Gasteiger partial charge in [0.2, 0.25) is 0 Å². The molecule has 2 heterocycles. The molecule has 0 aliphatic carbocycles. The zero-order chi connectivity index (χ0) is 17.4. The summed E-state index contributed by atoms with van der Waals surface area (Å²) in [5, 5.41) is 1.96. The van der Waals surface area contributed by atoms with E-state index >= 15 is 0 Å². The average molecular weight is 347 g/mol. The van der Waals surface area contributed by atoms with Gasteiger partial charge >= 0.3 is 0 Å². The van der Waals surface area contributed by atoms with Crippen LogP contribution in [0.3, 0.4) is 0 Å². The zero-order valence-corrected chi connectivity index (χ0v) is 14.8. The van der Waals surface area contributed by atoms with Gasteiger partial charge in [-0.25, -0.2) is 9.97 Å². The third-order valence-corrected chi connectivity index (χ3v) is 5.59. The van der Waals surface area contributed by atoms with Gasteiger partial charge < -0.3 is 4.90 Å². The van der Waals surface area contributed by atoms with Crippen molar-refractivity contribution in [1.29, 1.82) is 0 Å². The molecule has 2 aromatic carbocycles. The number of aromatic nitrogens is 2. The standard InChI is InChI=1S/C20H17N3OS/c1-13(19-22-16-9-5-6-10-18(16)25-19)23(2)20(24)17-12-11-14-7-3-4-8-15(14)21-17/h3-13H,1-2H3/t13-/m1/s1. The predicted octanol–water partition coefficient (Wildman–Crippen LogP) is 4.68. The Morgan fingerprint density at radius 1 is 0.960 bits per heavy atom. The summed E-state index contributed by atoms with van der Waals surface area (Å²) < 4.78 is 1.13. The van der Waals surface area contributed by atoms with E-state index in [0.29, 0.717) is 5.69 Å². The van der Waals surface area contributed by atoms with Gasteiger partial charge in [-0.15, -0.1) is 11.3 Å². The van der Waals surface area contributed by atoms with Gasteiger partial charge in [-0.1, -0.05) is 36.4 Å². The lowest BCUT2D eigenvalue weighted by Gasteiger charge is -2.23.